The number of rotatable bonds is 8. The van der Waals surface area contributed by atoms with Gasteiger partial charge in [-0.15, -0.1) is 10.2 Å². The van der Waals surface area contributed by atoms with Crippen molar-refractivity contribution < 1.29 is 45.6 Å². The molecule has 11 nitrogen and oxygen atoms in total. The molecule has 0 bridgehead atoms. The third kappa shape index (κ3) is 9.83. The normalized spacial score (nSPS) is 18.5. The van der Waals surface area contributed by atoms with E-state index in [4.69, 9.17) is 56.1 Å². The Morgan fingerprint density at radius 3 is 1.33 bits per heavy atom. The summed E-state index contributed by atoms with van der Waals surface area (Å²) in [5, 5.41) is 15.2. The highest BCUT2D eigenvalue weighted by Gasteiger charge is 2.63. The summed E-state index contributed by atoms with van der Waals surface area (Å²) in [7, 11) is 0. The summed E-state index contributed by atoms with van der Waals surface area (Å²) in [6.45, 7) is 1.89. The molecule has 2 N–H and O–H groups in total. The molecule has 21 heteroatoms. The first-order chi connectivity index (χ1) is 27.4. The number of carbonyl (C=O) groups is 2. The van der Waals surface area contributed by atoms with Crippen LogP contribution >= 0.6 is 46.4 Å². The molecule has 2 aliphatic heterocycles. The first-order valence-electron chi connectivity index (χ1n) is 16.4. The number of oxime groups is 2. The molecule has 2 amide bonds. The highest BCUT2D eigenvalue weighted by Crippen LogP contribution is 2.51. The molecular formula is C37H27Cl4F6N7O4. The zero-order chi connectivity index (χ0) is 42.3. The van der Waals surface area contributed by atoms with Gasteiger partial charge in [0.1, 0.15) is 12.7 Å². The van der Waals surface area contributed by atoms with E-state index in [0.29, 0.717) is 23.9 Å². The van der Waals surface area contributed by atoms with Gasteiger partial charge in [-0.2, -0.15) is 26.3 Å². The predicted octanol–water partition coefficient (Wildman–Crippen LogP) is 9.43. The van der Waals surface area contributed by atoms with Crippen molar-refractivity contribution >= 4 is 70.6 Å². The van der Waals surface area contributed by atoms with Crippen molar-refractivity contribution in [1.29, 1.82) is 0 Å². The number of carbonyl (C=O) groups excluding carboxylic acids is 2. The van der Waals surface area contributed by atoms with E-state index < -0.39 is 36.4 Å². The molecule has 5 aromatic rings. The number of hydrazine groups is 1. The molecule has 2 unspecified atom stereocenters. The number of alkyl halides is 6. The Kier molecular flexibility index (Phi) is 13.6. The lowest BCUT2D eigenvalue weighted by Crippen LogP contribution is -2.42. The van der Waals surface area contributed by atoms with E-state index in [-0.39, 0.29) is 42.6 Å². The Hall–Kier alpha value is -5.36. The molecule has 0 saturated carbocycles. The van der Waals surface area contributed by atoms with E-state index in [9.17, 15) is 35.9 Å². The maximum atomic E-state index is 14.0. The topological polar surface area (TPSA) is 132 Å². The first kappa shape index (κ1) is 43.8. The van der Waals surface area contributed by atoms with Crippen LogP contribution in [-0.2, 0) is 30.5 Å². The quantitative estimate of drug-likeness (QED) is 0.0691. The minimum Gasteiger partial charge on any atom is -0.374 e. The Morgan fingerprint density at radius 2 is 0.983 bits per heavy atom. The number of aromatic nitrogens is 3. The zero-order valence-electron chi connectivity index (χ0n) is 29.5. The molecule has 2 aliphatic rings. The Bertz CT molecular complexity index is 2250. The number of halogens is 10. The van der Waals surface area contributed by atoms with Gasteiger partial charge in [0.2, 0.25) is 12.8 Å². The third-order valence-corrected chi connectivity index (χ3v) is 9.41. The molecule has 1 aromatic heterocycles. The molecule has 304 valence electrons. The lowest BCUT2D eigenvalue weighted by Gasteiger charge is -2.29. The fourth-order valence-electron chi connectivity index (χ4n) is 5.67. The monoisotopic (exact) mass is 887 g/mol. The van der Waals surface area contributed by atoms with Crippen LogP contribution in [0.15, 0.2) is 108 Å². The number of hydrogen-bond donors (Lipinski definition) is 2. The van der Waals surface area contributed by atoms with E-state index in [1.807, 2.05) is 29.9 Å². The van der Waals surface area contributed by atoms with E-state index in [2.05, 4.69) is 20.5 Å². The van der Waals surface area contributed by atoms with Gasteiger partial charge in [0.25, 0.3) is 11.2 Å². The second-order valence-electron chi connectivity index (χ2n) is 12.4. The van der Waals surface area contributed by atoms with Gasteiger partial charge in [-0.1, -0.05) is 98.7 Å². The number of nitrogens with one attached hydrogen (secondary N) is 2. The smallest absolute Gasteiger partial charge is 0.374 e. The highest BCUT2D eigenvalue weighted by atomic mass is 35.5. The van der Waals surface area contributed by atoms with Crippen molar-refractivity contribution in [1.82, 2.24) is 25.6 Å². The van der Waals surface area contributed by atoms with Crippen LogP contribution < -0.4 is 10.9 Å². The number of benzene rings is 4. The zero-order valence-corrected chi connectivity index (χ0v) is 32.5. The molecule has 0 spiro atoms. The van der Waals surface area contributed by atoms with Crippen LogP contribution in [0.4, 0.5) is 26.3 Å². The summed E-state index contributed by atoms with van der Waals surface area (Å²) >= 11 is 23.5. The van der Waals surface area contributed by atoms with Crippen LogP contribution in [0.1, 0.15) is 40.7 Å². The van der Waals surface area contributed by atoms with Crippen LogP contribution in [0.3, 0.4) is 0 Å². The lowest BCUT2D eigenvalue weighted by molar-refractivity contribution is -0.276. The largest absolute Gasteiger partial charge is 0.435 e. The van der Waals surface area contributed by atoms with Crippen molar-refractivity contribution in [2.75, 3.05) is 0 Å². The standard InChI is InChI=1S/C18H11Cl2F3N4O.C17H12Cl2F3NO.C2H4N2O2/c19-13-5-12(6-14(20)7-13)17(18(21,22)23)8-16(26-28-17)11-1-3-15(4-2-11)27-9-24-25-10-27;1-10-2-4-11(5-3-10)15-9-16(24-23-15,17(20,21)22)12-6-13(18)8-14(19)7-12;5-1-3-4-2-6/h1-7,9-10H,8H2;2-8H,9H2,1H3;1-2H,(H,3,5)(H,4,6). The number of aryl methyl sites for hydroxylation is 1. The molecule has 0 radical (unpaired) electrons. The van der Waals surface area contributed by atoms with Crippen molar-refractivity contribution in [2.24, 2.45) is 10.3 Å². The predicted molar refractivity (Wildman–Crippen MR) is 204 cm³/mol. The minimum atomic E-state index is -4.73. The Labute approximate surface area is 345 Å². The molecule has 4 aromatic carbocycles. The maximum Gasteiger partial charge on any atom is 0.435 e. The summed E-state index contributed by atoms with van der Waals surface area (Å²) in [5.41, 5.74) is 1.44. The molecule has 58 heavy (non-hydrogen) atoms. The number of hydrogen-bond acceptors (Lipinski definition) is 8. The fraction of sp³-hybridized carbons (Fsp3) is 0.189. The van der Waals surface area contributed by atoms with E-state index in [0.717, 1.165) is 11.3 Å². The maximum absolute atomic E-state index is 14.0. The summed E-state index contributed by atoms with van der Waals surface area (Å²) < 4.78 is 85.2. The van der Waals surface area contributed by atoms with E-state index in [1.54, 1.807) is 41.0 Å². The second-order valence-corrected chi connectivity index (χ2v) is 14.1. The second kappa shape index (κ2) is 18.1. The van der Waals surface area contributed by atoms with Crippen molar-refractivity contribution in [3.63, 3.8) is 0 Å². The number of nitrogens with zero attached hydrogens (tertiary/aromatic N) is 5. The summed E-state index contributed by atoms with van der Waals surface area (Å²) in [6.07, 6.45) is -6.59. The molecule has 3 heterocycles. The van der Waals surface area contributed by atoms with Crippen LogP contribution in [0.5, 0.6) is 0 Å². The van der Waals surface area contributed by atoms with Gasteiger partial charge < -0.3 is 9.68 Å². The molecule has 2 atom stereocenters. The van der Waals surface area contributed by atoms with E-state index in [1.165, 1.54) is 49.1 Å². The van der Waals surface area contributed by atoms with Crippen LogP contribution in [-0.4, -0.2) is 51.4 Å². The SMILES string of the molecule is Cc1ccc(C2=NOC(c3cc(Cl)cc(Cl)c3)(C(F)(F)F)C2)cc1.FC(F)(F)C1(c2cc(Cl)cc(Cl)c2)CC(c2ccc(-n3cnnc3)cc2)=NO1.O=CNNC=O. The van der Waals surface area contributed by atoms with Gasteiger partial charge in [-0.3, -0.25) is 25.0 Å². The van der Waals surface area contributed by atoms with Gasteiger partial charge >= 0.3 is 12.4 Å². The Balaban J connectivity index is 0.000000196. The van der Waals surface area contributed by atoms with Gasteiger partial charge in [-0.05, 0) is 66.6 Å². The van der Waals surface area contributed by atoms with Gasteiger partial charge in [-0.25, -0.2) is 0 Å². The molecule has 0 fully saturated rings. The summed E-state index contributed by atoms with van der Waals surface area (Å²) in [5.74, 6) is 0. The number of amides is 2. The fourth-order valence-corrected chi connectivity index (χ4v) is 6.72. The molecule has 7 rings (SSSR count). The van der Waals surface area contributed by atoms with Crippen molar-refractivity contribution in [3.05, 3.63) is 145 Å². The first-order valence-corrected chi connectivity index (χ1v) is 17.9. The highest BCUT2D eigenvalue weighted by molar-refractivity contribution is 6.35. The third-order valence-electron chi connectivity index (χ3n) is 8.53. The molecular weight excluding hydrogens is 862 g/mol. The van der Waals surface area contributed by atoms with Crippen LogP contribution in [0.2, 0.25) is 20.1 Å². The lowest BCUT2D eigenvalue weighted by atomic mass is 9.86. The Morgan fingerprint density at radius 1 is 0.621 bits per heavy atom. The average molecular weight is 889 g/mol. The van der Waals surface area contributed by atoms with Crippen LogP contribution in [0, 0.1) is 6.92 Å². The van der Waals surface area contributed by atoms with Gasteiger partial charge in [0.05, 0.1) is 11.4 Å². The van der Waals surface area contributed by atoms with Gasteiger partial charge in [0, 0.05) is 49.7 Å². The van der Waals surface area contributed by atoms with Gasteiger partial charge in [0.15, 0.2) is 0 Å². The summed E-state index contributed by atoms with van der Waals surface area (Å²) in [4.78, 5) is 28.4. The minimum absolute atomic E-state index is 0.0847. The van der Waals surface area contributed by atoms with Crippen LogP contribution in [0.25, 0.3) is 5.69 Å². The van der Waals surface area contributed by atoms with E-state index >= 15 is 0 Å². The summed E-state index contributed by atoms with van der Waals surface area (Å²) in [6, 6.07) is 21.3. The van der Waals surface area contributed by atoms with Crippen molar-refractivity contribution in [2.45, 2.75) is 43.3 Å². The molecule has 0 aliphatic carbocycles. The average Bonchev–Trinajstić information content (AvgIpc) is 3.96. The van der Waals surface area contributed by atoms with Crippen molar-refractivity contribution in [3.8, 4) is 5.69 Å². The molecule has 0 saturated heterocycles.